The fourth-order valence-corrected chi connectivity index (χ4v) is 2.12. The molecule has 156 valence electrons. The molecule has 2 saturated heterocycles. The van der Waals surface area contributed by atoms with Crippen molar-refractivity contribution < 1.29 is 38.4 Å². The normalized spacial score (nSPS) is 16.4. The van der Waals surface area contributed by atoms with Crippen LogP contribution < -0.4 is 0 Å². The molecule has 0 saturated carbocycles. The molecular weight excluding hydrogens is 356 g/mol. The Morgan fingerprint density at radius 1 is 0.889 bits per heavy atom. The highest BCUT2D eigenvalue weighted by Gasteiger charge is 2.06. The van der Waals surface area contributed by atoms with Gasteiger partial charge >= 0.3 is 17.9 Å². The Balaban J connectivity index is 0.000000381. The molecule has 2 heterocycles. The summed E-state index contributed by atoms with van der Waals surface area (Å²) in [4.78, 5) is 31.0. The molecule has 2 rings (SSSR count). The molecule has 0 aromatic heterocycles. The molecule has 8 nitrogen and oxygen atoms in total. The number of hydrogen-bond acceptors (Lipinski definition) is 7. The van der Waals surface area contributed by atoms with Crippen LogP contribution in [0.2, 0.25) is 0 Å². The summed E-state index contributed by atoms with van der Waals surface area (Å²) in [5, 5.41) is 8.30. The number of esters is 2. The van der Waals surface area contributed by atoms with E-state index in [1.807, 2.05) is 0 Å². The van der Waals surface area contributed by atoms with Crippen molar-refractivity contribution in [2.24, 2.45) is 0 Å². The lowest BCUT2D eigenvalue weighted by Crippen LogP contribution is -2.01. The first-order valence-electron chi connectivity index (χ1n) is 9.51. The molecule has 2 fully saturated rings. The van der Waals surface area contributed by atoms with Crippen molar-refractivity contribution in [3.8, 4) is 0 Å². The average molecular weight is 388 g/mol. The first kappa shape index (κ1) is 24.8. The highest BCUT2D eigenvalue weighted by Crippen LogP contribution is 2.07. The maximum absolute atomic E-state index is 10.5. The van der Waals surface area contributed by atoms with Gasteiger partial charge in [-0.3, -0.25) is 9.59 Å². The summed E-state index contributed by atoms with van der Waals surface area (Å²) >= 11 is 0. The zero-order valence-corrected chi connectivity index (χ0v) is 16.4. The molecule has 0 unspecified atom stereocenters. The van der Waals surface area contributed by atoms with Crippen LogP contribution in [0.25, 0.3) is 0 Å². The predicted octanol–water partition coefficient (Wildman–Crippen LogP) is 3.19. The number of cyclic esters (lactones) is 2. The summed E-state index contributed by atoms with van der Waals surface area (Å²) in [5.74, 6) is -1.06. The topological polar surface area (TPSA) is 108 Å². The Morgan fingerprint density at radius 3 is 1.70 bits per heavy atom. The van der Waals surface area contributed by atoms with Gasteiger partial charge in [0, 0.05) is 12.8 Å². The van der Waals surface area contributed by atoms with E-state index in [9.17, 15) is 14.4 Å². The molecule has 0 aromatic rings. The Hall–Kier alpha value is -2.25. The lowest BCUT2D eigenvalue weighted by molar-refractivity contribution is -0.143. The van der Waals surface area contributed by atoms with Crippen LogP contribution in [0.1, 0.15) is 65.2 Å². The predicted molar refractivity (Wildman–Crippen MR) is 97.8 cm³/mol. The van der Waals surface area contributed by atoms with Crippen LogP contribution in [-0.4, -0.2) is 49.4 Å². The second-order valence-corrected chi connectivity index (χ2v) is 5.73. The fraction of sp³-hybridized carbons (Fsp3) is 0.737. The molecule has 0 aromatic carbocycles. The van der Waals surface area contributed by atoms with Crippen molar-refractivity contribution in [3.63, 3.8) is 0 Å². The van der Waals surface area contributed by atoms with Gasteiger partial charge in [0.25, 0.3) is 5.95 Å². The molecule has 2 aliphatic heterocycles. The fourth-order valence-electron chi connectivity index (χ4n) is 2.12. The Labute approximate surface area is 160 Å². The van der Waals surface area contributed by atoms with Gasteiger partial charge in [-0.05, 0) is 52.4 Å². The van der Waals surface area contributed by atoms with Gasteiger partial charge in [0.2, 0.25) is 0 Å². The van der Waals surface area contributed by atoms with Crippen molar-refractivity contribution in [3.05, 3.63) is 12.0 Å². The zero-order chi connectivity index (χ0) is 20.3. The Kier molecular flexibility index (Phi) is 15.7. The van der Waals surface area contributed by atoms with E-state index >= 15 is 0 Å². The van der Waals surface area contributed by atoms with Gasteiger partial charge in [-0.15, -0.1) is 0 Å². The minimum absolute atomic E-state index is 0.0255. The second kappa shape index (κ2) is 17.2. The molecule has 2 aliphatic rings. The van der Waals surface area contributed by atoms with Crippen LogP contribution in [0.5, 0.6) is 0 Å². The van der Waals surface area contributed by atoms with Gasteiger partial charge in [0.05, 0.1) is 26.4 Å². The van der Waals surface area contributed by atoms with Gasteiger partial charge < -0.3 is 24.1 Å². The highest BCUT2D eigenvalue weighted by atomic mass is 16.7. The summed E-state index contributed by atoms with van der Waals surface area (Å²) in [6, 6.07) is 0. The molecule has 0 aliphatic carbocycles. The Bertz CT molecular complexity index is 407. The molecule has 0 amide bonds. The van der Waals surface area contributed by atoms with Gasteiger partial charge in [0.1, 0.15) is 6.08 Å². The smallest absolute Gasteiger partial charge is 0.335 e. The molecular formula is C19H32O8. The van der Waals surface area contributed by atoms with E-state index in [0.717, 1.165) is 44.6 Å². The van der Waals surface area contributed by atoms with Crippen molar-refractivity contribution in [2.75, 3.05) is 26.4 Å². The van der Waals surface area contributed by atoms with Gasteiger partial charge in [-0.2, -0.15) is 0 Å². The van der Waals surface area contributed by atoms with Crippen LogP contribution in [-0.2, 0) is 33.3 Å². The number of hydrogen-bond donors (Lipinski definition) is 1. The van der Waals surface area contributed by atoms with Crippen LogP contribution in [0.15, 0.2) is 12.0 Å². The average Bonchev–Trinajstić information content (AvgIpc) is 3.00. The van der Waals surface area contributed by atoms with E-state index < -0.39 is 5.97 Å². The van der Waals surface area contributed by atoms with Crippen LogP contribution >= 0.6 is 0 Å². The third kappa shape index (κ3) is 16.9. The van der Waals surface area contributed by atoms with Crippen molar-refractivity contribution in [2.45, 2.75) is 65.2 Å². The minimum atomic E-state index is -1.07. The third-order valence-electron chi connectivity index (χ3n) is 3.39. The van der Waals surface area contributed by atoms with E-state index in [-0.39, 0.29) is 17.9 Å². The maximum atomic E-state index is 10.5. The molecule has 1 N–H and O–H groups in total. The minimum Gasteiger partial charge on any atom is -0.478 e. The molecule has 0 bridgehead atoms. The third-order valence-corrected chi connectivity index (χ3v) is 3.39. The van der Waals surface area contributed by atoms with E-state index in [0.29, 0.717) is 39.3 Å². The van der Waals surface area contributed by atoms with E-state index in [1.165, 1.54) is 0 Å². The van der Waals surface area contributed by atoms with Crippen LogP contribution in [0.4, 0.5) is 0 Å². The van der Waals surface area contributed by atoms with Crippen molar-refractivity contribution >= 4 is 17.9 Å². The SMILES string of the molecule is CCOC(=CC(=O)O)OCC.O=C1CCCCCO1.O=C1CCCCCO1. The van der Waals surface area contributed by atoms with E-state index in [1.54, 1.807) is 13.8 Å². The first-order chi connectivity index (χ1) is 13.0. The zero-order valence-electron chi connectivity index (χ0n) is 16.4. The highest BCUT2D eigenvalue weighted by molar-refractivity contribution is 5.79. The Morgan fingerprint density at radius 2 is 1.33 bits per heavy atom. The molecule has 0 spiro atoms. The summed E-state index contributed by atoms with van der Waals surface area (Å²) in [6.45, 7) is 5.60. The van der Waals surface area contributed by atoms with Crippen molar-refractivity contribution in [1.29, 1.82) is 0 Å². The van der Waals surface area contributed by atoms with Crippen LogP contribution in [0, 0.1) is 0 Å². The van der Waals surface area contributed by atoms with Gasteiger partial charge in [-0.25, -0.2) is 4.79 Å². The number of ether oxygens (including phenoxy) is 4. The number of carbonyl (C=O) groups is 3. The number of carboxylic acid groups (broad SMARTS) is 1. The summed E-state index contributed by atoms with van der Waals surface area (Å²) < 4.78 is 19.2. The van der Waals surface area contributed by atoms with Gasteiger partial charge in [0.15, 0.2) is 0 Å². The summed E-state index contributed by atoms with van der Waals surface area (Å²) in [6.07, 6.45) is 8.56. The lowest BCUT2D eigenvalue weighted by atomic mass is 10.2. The number of carbonyl (C=O) groups excluding carboxylic acids is 2. The number of rotatable bonds is 5. The van der Waals surface area contributed by atoms with Gasteiger partial charge in [-0.1, -0.05) is 0 Å². The molecule has 8 heteroatoms. The number of carboxylic acids is 1. The van der Waals surface area contributed by atoms with Crippen molar-refractivity contribution in [1.82, 2.24) is 0 Å². The van der Waals surface area contributed by atoms with E-state index in [2.05, 4.69) is 0 Å². The largest absolute Gasteiger partial charge is 0.478 e. The summed E-state index contributed by atoms with van der Waals surface area (Å²) in [5.41, 5.74) is 0. The monoisotopic (exact) mass is 388 g/mol. The van der Waals surface area contributed by atoms with E-state index in [4.69, 9.17) is 24.1 Å². The second-order valence-electron chi connectivity index (χ2n) is 5.73. The standard InChI is InChI=1S/C7H12O4.2C6H10O2/c1-3-10-7(11-4-2)5-6(8)9;2*7-6-4-2-1-3-5-8-6/h5H,3-4H2,1-2H3,(H,8,9);2*1-5H2. The number of aliphatic carboxylic acids is 1. The quantitative estimate of drug-likeness (QED) is 0.434. The molecule has 0 atom stereocenters. The maximum Gasteiger partial charge on any atom is 0.335 e. The first-order valence-corrected chi connectivity index (χ1v) is 9.51. The lowest BCUT2D eigenvalue weighted by Gasteiger charge is -2.06. The van der Waals surface area contributed by atoms with Crippen LogP contribution in [0.3, 0.4) is 0 Å². The molecule has 27 heavy (non-hydrogen) atoms. The molecule has 0 radical (unpaired) electrons. The summed E-state index contributed by atoms with van der Waals surface area (Å²) in [7, 11) is 0.